The third-order valence-corrected chi connectivity index (χ3v) is 6.16. The topological polar surface area (TPSA) is 80.2 Å². The van der Waals surface area contributed by atoms with Crippen LogP contribution in [0.4, 0.5) is 11.4 Å². The molecule has 4 rings (SSSR count). The van der Waals surface area contributed by atoms with Crippen LogP contribution in [0.2, 0.25) is 0 Å². The van der Waals surface area contributed by atoms with Crippen molar-refractivity contribution in [3.63, 3.8) is 0 Å². The molecule has 0 radical (unpaired) electrons. The first-order valence-electron chi connectivity index (χ1n) is 11.5. The van der Waals surface area contributed by atoms with Crippen LogP contribution in [0.3, 0.4) is 0 Å². The molecule has 0 fully saturated rings. The lowest BCUT2D eigenvalue weighted by atomic mass is 10.1. The first-order chi connectivity index (χ1) is 17.4. The zero-order valence-corrected chi connectivity index (χ0v) is 22.4. The number of hydrazone groups is 1. The molecule has 8 heteroatoms. The van der Waals surface area contributed by atoms with Gasteiger partial charge in [0.05, 0.1) is 27.1 Å². The molecule has 2 amide bonds. The van der Waals surface area contributed by atoms with Gasteiger partial charge in [-0.25, -0.2) is 0 Å². The minimum Gasteiger partial charge on any atom is -0.490 e. The smallest absolute Gasteiger partial charge is 0.280 e. The molecule has 0 saturated carbocycles. The van der Waals surface area contributed by atoms with Crippen molar-refractivity contribution in [1.82, 2.24) is 0 Å². The Morgan fingerprint density at radius 3 is 2.56 bits per heavy atom. The lowest BCUT2D eigenvalue weighted by Gasteiger charge is -2.15. The molecule has 1 aliphatic heterocycles. The van der Waals surface area contributed by atoms with E-state index in [2.05, 4.69) is 33.0 Å². The predicted molar refractivity (Wildman–Crippen MR) is 151 cm³/mol. The van der Waals surface area contributed by atoms with Crippen LogP contribution in [0.5, 0.6) is 11.5 Å². The zero-order chi connectivity index (χ0) is 25.7. The summed E-state index contributed by atoms with van der Waals surface area (Å²) >= 11 is 2.14. The number of amides is 2. The molecule has 184 valence electrons. The van der Waals surface area contributed by atoms with Gasteiger partial charge in [0.25, 0.3) is 11.8 Å². The SMILES string of the molecule is CCOc1cc(/C=C2/C(=O)N(c3ccccc3)N=C2C)cc(I)c1OCC(=O)Nc1cccc(C)c1. The second kappa shape index (κ2) is 11.4. The lowest BCUT2D eigenvalue weighted by Crippen LogP contribution is -2.21. The number of carbonyl (C=O) groups is 2. The molecule has 3 aromatic rings. The van der Waals surface area contributed by atoms with Crippen LogP contribution < -0.4 is 19.8 Å². The average Bonchev–Trinajstić information content (AvgIpc) is 3.12. The van der Waals surface area contributed by atoms with Gasteiger partial charge in [-0.1, -0.05) is 30.3 Å². The first kappa shape index (κ1) is 25.4. The Morgan fingerprint density at radius 1 is 1.06 bits per heavy atom. The van der Waals surface area contributed by atoms with Gasteiger partial charge in [-0.2, -0.15) is 10.1 Å². The monoisotopic (exact) mass is 595 g/mol. The number of ether oxygens (including phenoxy) is 2. The molecular weight excluding hydrogens is 569 g/mol. The Hall–Kier alpha value is -3.66. The highest BCUT2D eigenvalue weighted by Crippen LogP contribution is 2.35. The molecule has 1 heterocycles. The number of benzene rings is 3. The van der Waals surface area contributed by atoms with E-state index >= 15 is 0 Å². The standard InChI is InChI=1S/C28H26IN3O4/c1-4-35-25-16-20(14-23-19(3)31-32(28(23)34)22-11-6-5-7-12-22)15-24(29)27(25)36-17-26(33)30-21-10-8-9-18(2)13-21/h5-16H,4,17H2,1-3H3,(H,30,33)/b23-14+. The number of anilines is 2. The molecule has 0 bridgehead atoms. The number of halogens is 1. The van der Waals surface area contributed by atoms with Crippen molar-refractivity contribution in [2.24, 2.45) is 5.10 Å². The van der Waals surface area contributed by atoms with E-state index in [9.17, 15) is 9.59 Å². The van der Waals surface area contributed by atoms with E-state index in [0.717, 1.165) is 14.7 Å². The summed E-state index contributed by atoms with van der Waals surface area (Å²) in [7, 11) is 0. The molecule has 0 aliphatic carbocycles. The van der Waals surface area contributed by atoms with Crippen LogP contribution >= 0.6 is 22.6 Å². The van der Waals surface area contributed by atoms with Crippen molar-refractivity contribution in [3.05, 3.63) is 87.0 Å². The highest BCUT2D eigenvalue weighted by atomic mass is 127. The summed E-state index contributed by atoms with van der Waals surface area (Å²) in [5, 5.41) is 8.68. The normalized spacial score (nSPS) is 14.1. The largest absolute Gasteiger partial charge is 0.490 e. The van der Waals surface area contributed by atoms with Gasteiger partial charge < -0.3 is 14.8 Å². The van der Waals surface area contributed by atoms with Crippen LogP contribution in [0.1, 0.15) is 25.0 Å². The van der Waals surface area contributed by atoms with Crippen molar-refractivity contribution in [1.29, 1.82) is 0 Å². The predicted octanol–water partition coefficient (Wildman–Crippen LogP) is 5.82. The third kappa shape index (κ3) is 5.93. The van der Waals surface area contributed by atoms with Crippen LogP contribution in [-0.2, 0) is 9.59 Å². The maximum Gasteiger partial charge on any atom is 0.280 e. The summed E-state index contributed by atoms with van der Waals surface area (Å²) in [6.45, 7) is 5.90. The van der Waals surface area contributed by atoms with Gasteiger partial charge in [0.2, 0.25) is 0 Å². The van der Waals surface area contributed by atoms with E-state index < -0.39 is 0 Å². The number of carbonyl (C=O) groups excluding carboxylic acids is 2. The number of nitrogens with one attached hydrogen (secondary N) is 1. The number of rotatable bonds is 8. The molecule has 0 atom stereocenters. The number of nitrogens with zero attached hydrogens (tertiary/aromatic N) is 2. The van der Waals surface area contributed by atoms with E-state index in [1.165, 1.54) is 5.01 Å². The van der Waals surface area contributed by atoms with Crippen molar-refractivity contribution in [3.8, 4) is 11.5 Å². The summed E-state index contributed by atoms with van der Waals surface area (Å²) in [6.07, 6.45) is 1.79. The van der Waals surface area contributed by atoms with E-state index in [4.69, 9.17) is 9.47 Å². The Morgan fingerprint density at radius 2 is 1.83 bits per heavy atom. The summed E-state index contributed by atoms with van der Waals surface area (Å²) in [6, 6.07) is 20.6. The number of hydrogen-bond donors (Lipinski definition) is 1. The zero-order valence-electron chi connectivity index (χ0n) is 20.2. The van der Waals surface area contributed by atoms with Crippen molar-refractivity contribution in [2.45, 2.75) is 20.8 Å². The summed E-state index contributed by atoms with van der Waals surface area (Å²) < 4.78 is 12.4. The minimum atomic E-state index is -0.269. The van der Waals surface area contributed by atoms with Gasteiger partial charge in [-0.15, -0.1) is 0 Å². The van der Waals surface area contributed by atoms with Gasteiger partial charge in [-0.3, -0.25) is 9.59 Å². The molecule has 0 aromatic heterocycles. The van der Waals surface area contributed by atoms with E-state index in [0.29, 0.717) is 40.8 Å². The molecule has 0 unspecified atom stereocenters. The summed E-state index contributed by atoms with van der Waals surface area (Å²) in [5.74, 6) is 0.516. The van der Waals surface area contributed by atoms with Gasteiger partial charge in [0.1, 0.15) is 0 Å². The molecule has 1 N–H and O–H groups in total. The Kier molecular flexibility index (Phi) is 8.04. The van der Waals surface area contributed by atoms with Crippen molar-refractivity contribution in [2.75, 3.05) is 23.5 Å². The van der Waals surface area contributed by atoms with Crippen molar-refractivity contribution >= 4 is 57.6 Å². The van der Waals surface area contributed by atoms with Gasteiger partial charge in [0, 0.05) is 5.69 Å². The Labute approximate surface area is 223 Å². The van der Waals surface area contributed by atoms with Crippen LogP contribution in [-0.4, -0.2) is 30.7 Å². The second-order valence-corrected chi connectivity index (χ2v) is 9.33. The van der Waals surface area contributed by atoms with E-state index in [1.54, 1.807) is 12.1 Å². The Bertz CT molecular complexity index is 1350. The minimum absolute atomic E-state index is 0.166. The average molecular weight is 595 g/mol. The van der Waals surface area contributed by atoms with E-state index in [-0.39, 0.29) is 18.4 Å². The molecule has 3 aromatic carbocycles. The molecule has 0 spiro atoms. The fourth-order valence-electron chi connectivity index (χ4n) is 3.73. The molecule has 36 heavy (non-hydrogen) atoms. The fraction of sp³-hybridized carbons (Fsp3) is 0.179. The van der Waals surface area contributed by atoms with Crippen LogP contribution in [0.15, 0.2) is 77.4 Å². The maximum atomic E-state index is 13.1. The number of hydrogen-bond acceptors (Lipinski definition) is 5. The highest BCUT2D eigenvalue weighted by molar-refractivity contribution is 14.1. The molecule has 1 aliphatic rings. The second-order valence-electron chi connectivity index (χ2n) is 8.17. The summed E-state index contributed by atoms with van der Waals surface area (Å²) in [5.41, 5.74) is 4.38. The highest BCUT2D eigenvalue weighted by Gasteiger charge is 2.28. The first-order valence-corrected chi connectivity index (χ1v) is 12.6. The lowest BCUT2D eigenvalue weighted by molar-refractivity contribution is -0.118. The van der Waals surface area contributed by atoms with Crippen molar-refractivity contribution < 1.29 is 19.1 Å². The quantitative estimate of drug-likeness (QED) is 0.263. The fourth-order valence-corrected chi connectivity index (χ4v) is 4.51. The van der Waals surface area contributed by atoms with Gasteiger partial charge in [0.15, 0.2) is 18.1 Å². The Balaban J connectivity index is 1.53. The molecular formula is C28H26IN3O4. The molecule has 0 saturated heterocycles. The van der Waals surface area contributed by atoms with E-state index in [1.807, 2.05) is 81.4 Å². The van der Waals surface area contributed by atoms with Gasteiger partial charge >= 0.3 is 0 Å². The maximum absolute atomic E-state index is 13.1. The van der Waals surface area contributed by atoms with Crippen LogP contribution in [0, 0.1) is 10.5 Å². The third-order valence-electron chi connectivity index (χ3n) is 5.36. The van der Waals surface area contributed by atoms with Gasteiger partial charge in [-0.05, 0) is 97.0 Å². The number of para-hydroxylation sites is 1. The number of aryl methyl sites for hydroxylation is 1. The molecule has 7 nitrogen and oxygen atoms in total. The summed E-state index contributed by atoms with van der Waals surface area (Å²) in [4.78, 5) is 25.5. The van der Waals surface area contributed by atoms with Crippen LogP contribution in [0.25, 0.3) is 6.08 Å².